The summed E-state index contributed by atoms with van der Waals surface area (Å²) in [6.07, 6.45) is 2.09. The van der Waals surface area contributed by atoms with E-state index in [0.29, 0.717) is 0 Å². The molecule has 0 radical (unpaired) electrons. The van der Waals surface area contributed by atoms with Gasteiger partial charge in [0.2, 0.25) is 0 Å². The highest BCUT2D eigenvalue weighted by molar-refractivity contribution is 7.15. The average molecular weight is 263 g/mol. The van der Waals surface area contributed by atoms with Crippen LogP contribution in [0.15, 0.2) is 30.3 Å². The summed E-state index contributed by atoms with van der Waals surface area (Å²) in [5.41, 5.74) is 8.17. The molecular weight excluding hydrogens is 245 g/mol. The Labute approximate surface area is 111 Å². The summed E-state index contributed by atoms with van der Waals surface area (Å²) in [6, 6.07) is 9.20. The van der Waals surface area contributed by atoms with Crippen molar-refractivity contribution >= 4 is 11.3 Å². The van der Waals surface area contributed by atoms with E-state index in [1.807, 2.05) is 13.0 Å². The van der Waals surface area contributed by atoms with E-state index in [-0.39, 0.29) is 11.9 Å². The maximum absolute atomic E-state index is 13.1. The number of hydrogen-bond donors (Lipinski definition) is 1. The molecule has 1 heterocycles. The van der Waals surface area contributed by atoms with Crippen molar-refractivity contribution < 1.29 is 4.39 Å². The molecule has 0 fully saturated rings. The van der Waals surface area contributed by atoms with Crippen molar-refractivity contribution in [3.63, 3.8) is 0 Å². The molecule has 3 heteroatoms. The molecule has 1 aromatic heterocycles. The Balaban J connectivity index is 2.29. The summed E-state index contributed by atoms with van der Waals surface area (Å²) in [5.74, 6) is -0.185. The van der Waals surface area contributed by atoms with E-state index in [2.05, 4.69) is 19.1 Å². The van der Waals surface area contributed by atoms with Crippen molar-refractivity contribution in [2.24, 2.45) is 5.73 Å². The Morgan fingerprint density at radius 3 is 2.72 bits per heavy atom. The normalized spacial score (nSPS) is 12.7. The monoisotopic (exact) mass is 263 g/mol. The summed E-state index contributed by atoms with van der Waals surface area (Å²) in [6.45, 7) is 4.07. The molecule has 0 saturated carbocycles. The predicted molar refractivity (Wildman–Crippen MR) is 76.3 cm³/mol. The molecule has 1 atom stereocenters. The number of rotatable bonds is 4. The van der Waals surface area contributed by atoms with Gasteiger partial charge in [0.15, 0.2) is 0 Å². The summed E-state index contributed by atoms with van der Waals surface area (Å²) in [7, 11) is 0. The molecule has 0 spiro atoms. The maximum Gasteiger partial charge on any atom is 0.123 e. The lowest BCUT2D eigenvalue weighted by Crippen LogP contribution is -2.07. The van der Waals surface area contributed by atoms with Crippen LogP contribution in [0.3, 0.4) is 0 Å². The van der Waals surface area contributed by atoms with E-state index >= 15 is 0 Å². The van der Waals surface area contributed by atoms with Gasteiger partial charge in [-0.3, -0.25) is 0 Å². The molecule has 1 unspecified atom stereocenters. The van der Waals surface area contributed by atoms with Crippen molar-refractivity contribution in [1.82, 2.24) is 0 Å². The van der Waals surface area contributed by atoms with Crippen molar-refractivity contribution in [1.29, 1.82) is 0 Å². The van der Waals surface area contributed by atoms with E-state index in [1.165, 1.54) is 10.9 Å². The minimum absolute atomic E-state index is 0.120. The lowest BCUT2D eigenvalue weighted by atomic mass is 10.1. The van der Waals surface area contributed by atoms with Gasteiger partial charge in [-0.1, -0.05) is 19.4 Å². The lowest BCUT2D eigenvalue weighted by molar-refractivity contribution is 0.627. The van der Waals surface area contributed by atoms with Gasteiger partial charge in [0.05, 0.1) is 0 Å². The van der Waals surface area contributed by atoms with E-state index in [0.717, 1.165) is 28.8 Å². The minimum atomic E-state index is -0.185. The first-order chi connectivity index (χ1) is 8.61. The van der Waals surface area contributed by atoms with Crippen LogP contribution in [-0.2, 0) is 0 Å². The Kier molecular flexibility index (Phi) is 4.15. The zero-order chi connectivity index (χ0) is 13.1. The number of hydrogen-bond acceptors (Lipinski definition) is 2. The highest BCUT2D eigenvalue weighted by Gasteiger charge is 2.10. The fourth-order valence-electron chi connectivity index (χ4n) is 2.05. The minimum Gasteiger partial charge on any atom is -0.323 e. The van der Waals surface area contributed by atoms with Crippen molar-refractivity contribution in [3.8, 4) is 10.4 Å². The van der Waals surface area contributed by atoms with Crippen LogP contribution in [0.2, 0.25) is 0 Å². The van der Waals surface area contributed by atoms with E-state index in [9.17, 15) is 4.39 Å². The molecule has 96 valence electrons. The smallest absolute Gasteiger partial charge is 0.123 e. The van der Waals surface area contributed by atoms with Crippen LogP contribution in [0.5, 0.6) is 0 Å². The molecule has 0 aliphatic carbocycles. The number of nitrogens with two attached hydrogens (primary N) is 1. The third-order valence-electron chi connectivity index (χ3n) is 3.05. The topological polar surface area (TPSA) is 26.0 Å². The molecule has 0 saturated heterocycles. The zero-order valence-electron chi connectivity index (χ0n) is 10.7. The molecule has 0 aliphatic rings. The Morgan fingerprint density at radius 1 is 1.28 bits per heavy atom. The lowest BCUT2D eigenvalue weighted by Gasteiger charge is -2.07. The molecule has 0 bridgehead atoms. The third kappa shape index (κ3) is 2.79. The molecule has 0 aliphatic heterocycles. The number of aryl methyl sites for hydroxylation is 1. The largest absolute Gasteiger partial charge is 0.323 e. The molecule has 18 heavy (non-hydrogen) atoms. The van der Waals surface area contributed by atoms with Gasteiger partial charge in [-0.05, 0) is 48.7 Å². The summed E-state index contributed by atoms with van der Waals surface area (Å²) < 4.78 is 13.1. The van der Waals surface area contributed by atoms with E-state index in [1.54, 1.807) is 17.4 Å². The first kappa shape index (κ1) is 13.2. The predicted octanol–water partition coefficient (Wildman–Crippen LogP) is 4.66. The second-order valence-electron chi connectivity index (χ2n) is 4.56. The highest BCUT2D eigenvalue weighted by Crippen LogP contribution is 2.33. The van der Waals surface area contributed by atoms with Gasteiger partial charge in [-0.2, -0.15) is 0 Å². The summed E-state index contributed by atoms with van der Waals surface area (Å²) in [5, 5.41) is 0. The van der Waals surface area contributed by atoms with Crippen LogP contribution in [-0.4, -0.2) is 0 Å². The van der Waals surface area contributed by atoms with Gasteiger partial charge < -0.3 is 5.73 Å². The van der Waals surface area contributed by atoms with E-state index in [4.69, 9.17) is 5.73 Å². The van der Waals surface area contributed by atoms with E-state index < -0.39 is 0 Å². The van der Waals surface area contributed by atoms with Crippen molar-refractivity contribution in [3.05, 3.63) is 46.6 Å². The summed E-state index contributed by atoms with van der Waals surface area (Å²) >= 11 is 1.71. The first-order valence-corrected chi connectivity index (χ1v) is 7.05. The van der Waals surface area contributed by atoms with Gasteiger partial charge in [-0.15, -0.1) is 11.3 Å². The van der Waals surface area contributed by atoms with Crippen molar-refractivity contribution in [2.45, 2.75) is 32.7 Å². The Hall–Kier alpha value is -1.19. The van der Waals surface area contributed by atoms with Crippen molar-refractivity contribution in [2.75, 3.05) is 0 Å². The van der Waals surface area contributed by atoms with Crippen LogP contribution in [0, 0.1) is 12.7 Å². The molecule has 0 amide bonds. The van der Waals surface area contributed by atoms with Gasteiger partial charge in [-0.25, -0.2) is 4.39 Å². The fraction of sp³-hybridized carbons (Fsp3) is 0.333. The van der Waals surface area contributed by atoms with Crippen LogP contribution in [0.4, 0.5) is 4.39 Å². The molecule has 2 N–H and O–H groups in total. The van der Waals surface area contributed by atoms with Crippen LogP contribution >= 0.6 is 11.3 Å². The third-order valence-corrected chi connectivity index (χ3v) is 4.30. The van der Waals surface area contributed by atoms with Gasteiger partial charge in [0.25, 0.3) is 0 Å². The van der Waals surface area contributed by atoms with Crippen LogP contribution < -0.4 is 5.73 Å². The quantitative estimate of drug-likeness (QED) is 0.852. The Bertz CT molecular complexity index is 533. The average Bonchev–Trinajstić information content (AvgIpc) is 2.78. The maximum atomic E-state index is 13.1. The molecule has 2 aromatic rings. The Morgan fingerprint density at radius 2 is 2.06 bits per heavy atom. The molecule has 1 nitrogen and oxygen atoms in total. The number of thiophene rings is 1. The standard InChI is InChI=1S/C15H18FNS/c1-3-4-13(17)15-8-7-14(18-15)12-6-5-11(16)9-10(12)2/h5-9,13H,3-4,17H2,1-2H3. The highest BCUT2D eigenvalue weighted by atomic mass is 32.1. The number of halogens is 1. The number of benzene rings is 1. The van der Waals surface area contributed by atoms with Crippen LogP contribution in [0.1, 0.15) is 36.2 Å². The fourth-order valence-corrected chi connectivity index (χ4v) is 3.19. The summed E-state index contributed by atoms with van der Waals surface area (Å²) in [4.78, 5) is 2.37. The van der Waals surface area contributed by atoms with Gasteiger partial charge in [0, 0.05) is 15.8 Å². The zero-order valence-corrected chi connectivity index (χ0v) is 11.6. The van der Waals surface area contributed by atoms with Gasteiger partial charge >= 0.3 is 0 Å². The molecule has 1 aromatic carbocycles. The van der Waals surface area contributed by atoms with Crippen LogP contribution in [0.25, 0.3) is 10.4 Å². The molecular formula is C15H18FNS. The second kappa shape index (κ2) is 5.63. The SMILES string of the molecule is CCCC(N)c1ccc(-c2ccc(F)cc2C)s1. The first-order valence-electron chi connectivity index (χ1n) is 6.23. The van der Waals surface area contributed by atoms with Gasteiger partial charge in [0.1, 0.15) is 5.82 Å². The molecule has 2 rings (SSSR count). The second-order valence-corrected chi connectivity index (χ2v) is 5.67.